The fourth-order valence-corrected chi connectivity index (χ4v) is 4.09. The zero-order chi connectivity index (χ0) is 19.2. The van der Waals surface area contributed by atoms with Crippen molar-refractivity contribution >= 4 is 33.1 Å². The summed E-state index contributed by atoms with van der Waals surface area (Å²) in [5.74, 6) is 0.653. The number of carbonyl (C=O) groups is 1. The Balaban J connectivity index is 1.52. The van der Waals surface area contributed by atoms with Crippen LogP contribution in [0, 0.1) is 11.8 Å². The maximum Gasteiger partial charge on any atom is 0.410 e. The molecular formula is C18H23BrN4O4. The lowest BCUT2D eigenvalue weighted by Crippen LogP contribution is -2.59. The molecule has 0 aromatic carbocycles. The quantitative estimate of drug-likeness (QED) is 0.774. The van der Waals surface area contributed by atoms with Crippen LogP contribution in [0.2, 0.25) is 0 Å². The van der Waals surface area contributed by atoms with Gasteiger partial charge in [-0.2, -0.15) is 4.98 Å². The lowest BCUT2D eigenvalue weighted by Gasteiger charge is -2.46. The van der Waals surface area contributed by atoms with Crippen LogP contribution in [-0.4, -0.2) is 64.0 Å². The number of halogens is 1. The average molecular weight is 439 g/mol. The van der Waals surface area contributed by atoms with Crippen molar-refractivity contribution in [3.63, 3.8) is 0 Å². The summed E-state index contributed by atoms with van der Waals surface area (Å²) in [6, 6.07) is 0. The van der Waals surface area contributed by atoms with Crippen molar-refractivity contribution in [1.82, 2.24) is 19.9 Å². The number of rotatable bonds is 2. The number of hydrogen-bond acceptors (Lipinski definition) is 6. The van der Waals surface area contributed by atoms with Crippen LogP contribution >= 0.6 is 15.9 Å². The first-order chi connectivity index (χ1) is 12.8. The number of H-pyrrole nitrogens is 1. The number of piperidine rings is 1. The first kappa shape index (κ1) is 18.5. The smallest absolute Gasteiger partial charge is 0.410 e. The zero-order valence-electron chi connectivity index (χ0n) is 15.6. The van der Waals surface area contributed by atoms with Crippen molar-refractivity contribution in [2.45, 2.75) is 32.5 Å². The molecule has 2 aliphatic heterocycles. The van der Waals surface area contributed by atoms with Crippen molar-refractivity contribution < 1.29 is 19.0 Å². The predicted octanol–water partition coefficient (Wildman–Crippen LogP) is 2.98. The molecule has 4 heterocycles. The molecule has 0 saturated carbocycles. The molecule has 0 aliphatic carbocycles. The summed E-state index contributed by atoms with van der Waals surface area (Å²) in [5, 5.41) is 0. The van der Waals surface area contributed by atoms with Crippen LogP contribution in [0.5, 0.6) is 5.88 Å². The number of fused-ring (bicyclic) bond motifs is 3. The van der Waals surface area contributed by atoms with Gasteiger partial charge in [0.15, 0.2) is 0 Å². The van der Waals surface area contributed by atoms with Gasteiger partial charge in [0.05, 0.1) is 17.7 Å². The summed E-state index contributed by atoms with van der Waals surface area (Å²) in [7, 11) is 0. The summed E-state index contributed by atoms with van der Waals surface area (Å²) >= 11 is 3.47. The number of aromatic nitrogens is 3. The van der Waals surface area contributed by atoms with E-state index in [2.05, 4.69) is 30.9 Å². The number of nitrogens with one attached hydrogen (secondary N) is 1. The molecule has 2 aromatic rings. The molecule has 1 N–H and O–H groups in total. The average Bonchev–Trinajstić information content (AvgIpc) is 2.95. The second-order valence-electron chi connectivity index (χ2n) is 8.06. The first-order valence-electron chi connectivity index (χ1n) is 9.02. The van der Waals surface area contributed by atoms with E-state index >= 15 is 0 Å². The van der Waals surface area contributed by atoms with Crippen LogP contribution in [0.1, 0.15) is 20.8 Å². The zero-order valence-corrected chi connectivity index (χ0v) is 17.2. The van der Waals surface area contributed by atoms with Gasteiger partial charge in [-0.25, -0.2) is 9.78 Å². The highest BCUT2D eigenvalue weighted by atomic mass is 79.9. The van der Waals surface area contributed by atoms with Crippen LogP contribution < -0.4 is 4.74 Å². The number of amides is 1. The van der Waals surface area contributed by atoms with Crippen molar-refractivity contribution in [2.24, 2.45) is 11.8 Å². The number of ether oxygens (including phenoxy) is 3. The molecule has 27 heavy (non-hydrogen) atoms. The van der Waals surface area contributed by atoms with Crippen molar-refractivity contribution in [3.05, 3.63) is 17.0 Å². The van der Waals surface area contributed by atoms with Crippen LogP contribution in [-0.2, 0) is 9.47 Å². The largest absolute Gasteiger partial charge is 0.472 e. The summed E-state index contributed by atoms with van der Waals surface area (Å²) in [5.41, 5.74) is 1.04. The molecule has 2 aromatic heterocycles. The van der Waals surface area contributed by atoms with Crippen molar-refractivity contribution in [1.29, 1.82) is 0 Å². The minimum atomic E-state index is -0.510. The molecular weight excluding hydrogens is 416 g/mol. The Labute approximate surface area is 165 Å². The number of likely N-dealkylation sites (tertiary alicyclic amines) is 1. The fraction of sp³-hybridized carbons (Fsp3) is 0.611. The van der Waals surface area contributed by atoms with E-state index in [1.54, 1.807) is 4.90 Å². The third kappa shape index (κ3) is 3.75. The minimum Gasteiger partial charge on any atom is -0.472 e. The van der Waals surface area contributed by atoms with Crippen LogP contribution in [0.4, 0.5) is 4.79 Å². The molecule has 4 rings (SSSR count). The number of nitrogens with zero attached hydrogens (tertiary/aromatic N) is 3. The molecule has 1 amide bonds. The second-order valence-corrected chi connectivity index (χ2v) is 8.92. The van der Waals surface area contributed by atoms with Gasteiger partial charge in [0.1, 0.15) is 29.1 Å². The number of aromatic amines is 1. The van der Waals surface area contributed by atoms with Crippen LogP contribution in [0.25, 0.3) is 11.0 Å². The Morgan fingerprint density at radius 2 is 2.00 bits per heavy atom. The topological polar surface area (TPSA) is 89.6 Å². The predicted molar refractivity (Wildman–Crippen MR) is 102 cm³/mol. The SMILES string of the molecule is CC(C)(C)OC(=O)N1CC2COCC(C1)C2Oc1ncnc2c(Br)c[nH]c12. The van der Waals surface area contributed by atoms with Gasteiger partial charge >= 0.3 is 6.09 Å². The Morgan fingerprint density at radius 3 is 2.67 bits per heavy atom. The van der Waals surface area contributed by atoms with E-state index in [4.69, 9.17) is 14.2 Å². The lowest BCUT2D eigenvalue weighted by atomic mass is 9.84. The molecule has 2 saturated heterocycles. The van der Waals surface area contributed by atoms with E-state index in [0.717, 1.165) is 15.5 Å². The second kappa shape index (κ2) is 6.94. The van der Waals surface area contributed by atoms with E-state index in [0.29, 0.717) is 32.2 Å². The summed E-state index contributed by atoms with van der Waals surface area (Å²) in [6.07, 6.45) is 2.97. The standard InChI is InChI=1S/C18H23BrN4O4/c1-18(2,3)27-17(24)23-5-10-7-25-8-11(6-23)15(10)26-16-14-13(21-9-22-16)12(19)4-20-14/h4,9-11,15,20H,5-8H2,1-3H3. The van der Waals surface area contributed by atoms with Crippen LogP contribution in [0.3, 0.4) is 0 Å². The number of carbonyl (C=O) groups excluding carboxylic acids is 1. The molecule has 8 nitrogen and oxygen atoms in total. The monoisotopic (exact) mass is 438 g/mol. The van der Waals surface area contributed by atoms with Gasteiger partial charge in [0, 0.05) is 31.1 Å². The third-order valence-electron chi connectivity index (χ3n) is 4.78. The van der Waals surface area contributed by atoms with Gasteiger partial charge in [-0.15, -0.1) is 0 Å². The lowest BCUT2D eigenvalue weighted by molar-refractivity contribution is -0.112. The van der Waals surface area contributed by atoms with Gasteiger partial charge in [-0.1, -0.05) is 0 Å². The molecule has 0 spiro atoms. The Hall–Kier alpha value is -1.87. The van der Waals surface area contributed by atoms with E-state index in [1.807, 2.05) is 27.0 Å². The highest BCUT2D eigenvalue weighted by Crippen LogP contribution is 2.34. The van der Waals surface area contributed by atoms with Gasteiger partial charge in [0.2, 0.25) is 5.88 Å². The highest BCUT2D eigenvalue weighted by molar-refractivity contribution is 9.10. The maximum absolute atomic E-state index is 12.5. The normalized spacial score (nSPS) is 25.5. The number of hydrogen-bond donors (Lipinski definition) is 1. The highest BCUT2D eigenvalue weighted by Gasteiger charge is 2.44. The Morgan fingerprint density at radius 1 is 1.30 bits per heavy atom. The molecule has 2 fully saturated rings. The molecule has 2 aliphatic rings. The van der Waals surface area contributed by atoms with Crippen LogP contribution in [0.15, 0.2) is 17.0 Å². The molecule has 9 heteroatoms. The van der Waals surface area contributed by atoms with Gasteiger partial charge in [-0.3, -0.25) is 0 Å². The maximum atomic E-state index is 12.5. The van der Waals surface area contributed by atoms with Gasteiger partial charge < -0.3 is 24.1 Å². The first-order valence-corrected chi connectivity index (χ1v) is 9.81. The van der Waals surface area contributed by atoms with Gasteiger partial charge in [0.25, 0.3) is 0 Å². The minimum absolute atomic E-state index is 0.0634. The van der Waals surface area contributed by atoms with Crippen molar-refractivity contribution in [3.8, 4) is 5.88 Å². The summed E-state index contributed by atoms with van der Waals surface area (Å²) in [6.45, 7) is 7.79. The summed E-state index contributed by atoms with van der Waals surface area (Å²) in [4.78, 5) is 26.0. The molecule has 2 unspecified atom stereocenters. The molecule has 2 atom stereocenters. The summed E-state index contributed by atoms with van der Waals surface area (Å²) < 4.78 is 18.4. The Bertz CT molecular complexity index is 835. The van der Waals surface area contributed by atoms with Gasteiger partial charge in [-0.05, 0) is 36.7 Å². The van der Waals surface area contributed by atoms with Crippen molar-refractivity contribution in [2.75, 3.05) is 26.3 Å². The van der Waals surface area contributed by atoms with E-state index < -0.39 is 5.60 Å². The fourth-order valence-electron chi connectivity index (χ4n) is 3.67. The third-order valence-corrected chi connectivity index (χ3v) is 5.39. The molecule has 2 bridgehead atoms. The molecule has 146 valence electrons. The van der Waals surface area contributed by atoms with E-state index in [1.165, 1.54) is 6.33 Å². The van der Waals surface area contributed by atoms with E-state index in [-0.39, 0.29) is 24.0 Å². The molecule has 0 radical (unpaired) electrons. The Kier molecular flexibility index (Phi) is 4.75. The van der Waals surface area contributed by atoms with E-state index in [9.17, 15) is 4.79 Å².